The quantitative estimate of drug-likeness (QED) is 0.561. The number of sulfone groups is 1. The number of hydrogen-bond donors (Lipinski definition) is 1. The molecule has 0 bridgehead atoms. The van der Waals surface area contributed by atoms with Gasteiger partial charge in [0.1, 0.15) is 5.75 Å². The van der Waals surface area contributed by atoms with Gasteiger partial charge in [-0.05, 0) is 41.1 Å². The number of alkyl halides is 3. The minimum atomic E-state index is -4.60. The number of halogens is 4. The largest absolute Gasteiger partial charge is 0.497 e. The van der Waals surface area contributed by atoms with E-state index in [2.05, 4.69) is 36.3 Å². The van der Waals surface area contributed by atoms with Crippen LogP contribution in [-0.4, -0.2) is 41.5 Å². The van der Waals surface area contributed by atoms with Crippen LogP contribution in [0.2, 0.25) is 0 Å². The van der Waals surface area contributed by atoms with E-state index in [-0.39, 0.29) is 28.1 Å². The molecule has 1 aromatic carbocycles. The Bertz CT molecular complexity index is 1210. The molecule has 8 nitrogen and oxygen atoms in total. The molecule has 3 rings (SSSR count). The van der Waals surface area contributed by atoms with E-state index in [1.165, 1.54) is 38.4 Å². The third-order valence-corrected chi connectivity index (χ3v) is 5.56. The first-order chi connectivity index (χ1) is 13.9. The Morgan fingerprint density at radius 3 is 2.47 bits per heavy atom. The van der Waals surface area contributed by atoms with Crippen molar-refractivity contribution in [1.82, 2.24) is 19.7 Å². The lowest BCUT2D eigenvalue weighted by Crippen LogP contribution is -2.10. The fourth-order valence-electron chi connectivity index (χ4n) is 2.50. The summed E-state index contributed by atoms with van der Waals surface area (Å²) in [6, 6.07) is 5.16. The summed E-state index contributed by atoms with van der Waals surface area (Å²) in [5.74, 6) is 0.381. The molecule has 0 fully saturated rings. The van der Waals surface area contributed by atoms with Crippen molar-refractivity contribution in [1.29, 1.82) is 0 Å². The van der Waals surface area contributed by atoms with Gasteiger partial charge in [0.2, 0.25) is 5.95 Å². The van der Waals surface area contributed by atoms with Crippen LogP contribution < -0.4 is 10.1 Å². The van der Waals surface area contributed by atoms with Crippen LogP contribution in [0.3, 0.4) is 0 Å². The Morgan fingerprint density at radius 1 is 1.20 bits per heavy atom. The minimum Gasteiger partial charge on any atom is -0.497 e. The topological polar surface area (TPSA) is 99.0 Å². The molecule has 3 aromatic rings. The van der Waals surface area contributed by atoms with Crippen LogP contribution in [0.5, 0.6) is 5.75 Å². The normalized spacial score (nSPS) is 12.1. The van der Waals surface area contributed by atoms with Gasteiger partial charge in [0, 0.05) is 29.9 Å². The van der Waals surface area contributed by atoms with Crippen LogP contribution in [-0.2, 0) is 16.0 Å². The predicted molar refractivity (Wildman–Crippen MR) is 106 cm³/mol. The summed E-state index contributed by atoms with van der Waals surface area (Å²) in [6.07, 6.45) is -2.20. The van der Waals surface area contributed by atoms with Crippen molar-refractivity contribution in [3.63, 3.8) is 0 Å². The van der Waals surface area contributed by atoms with Crippen LogP contribution in [0.25, 0.3) is 5.82 Å². The maximum Gasteiger partial charge on any atom is 0.435 e. The second-order valence-corrected chi connectivity index (χ2v) is 9.11. The Balaban J connectivity index is 2.02. The first-order valence-corrected chi connectivity index (χ1v) is 10.9. The van der Waals surface area contributed by atoms with Gasteiger partial charge in [-0.2, -0.15) is 23.3 Å². The molecule has 0 aliphatic rings. The SMILES string of the molecule is COc1cc(Nc2ncc(Br)c(-n3nc(C(F)(F)F)cc3C)n2)cc(S(C)(=O)=O)c1. The molecule has 160 valence electrons. The van der Waals surface area contributed by atoms with E-state index < -0.39 is 21.7 Å². The second-order valence-electron chi connectivity index (χ2n) is 6.24. The highest BCUT2D eigenvalue weighted by Crippen LogP contribution is 2.31. The van der Waals surface area contributed by atoms with Gasteiger partial charge in [0.05, 0.1) is 16.5 Å². The fourth-order valence-corrected chi connectivity index (χ4v) is 3.53. The fraction of sp³-hybridized carbons (Fsp3) is 0.235. The van der Waals surface area contributed by atoms with Gasteiger partial charge in [-0.25, -0.2) is 18.1 Å². The van der Waals surface area contributed by atoms with Gasteiger partial charge in [0.25, 0.3) is 0 Å². The number of nitrogens with one attached hydrogen (secondary N) is 1. The number of ether oxygens (including phenoxy) is 1. The molecule has 30 heavy (non-hydrogen) atoms. The molecule has 0 aliphatic heterocycles. The van der Waals surface area contributed by atoms with Crippen molar-refractivity contribution in [3.8, 4) is 11.6 Å². The van der Waals surface area contributed by atoms with Gasteiger partial charge >= 0.3 is 6.18 Å². The first-order valence-electron chi connectivity index (χ1n) is 8.21. The Labute approximate surface area is 178 Å². The third-order valence-electron chi connectivity index (χ3n) is 3.90. The molecule has 0 unspecified atom stereocenters. The van der Waals surface area contributed by atoms with Crippen LogP contribution in [0.15, 0.2) is 39.8 Å². The first kappa shape index (κ1) is 22.0. The highest BCUT2D eigenvalue weighted by Gasteiger charge is 2.35. The summed E-state index contributed by atoms with van der Waals surface area (Å²) < 4.78 is 69.2. The number of aryl methyl sites for hydroxylation is 1. The molecular formula is C17H15BrF3N5O3S. The zero-order valence-electron chi connectivity index (χ0n) is 15.8. The van der Waals surface area contributed by atoms with Gasteiger partial charge in [-0.15, -0.1) is 0 Å². The minimum absolute atomic E-state index is 0.0134. The molecule has 0 aliphatic carbocycles. The predicted octanol–water partition coefficient (Wildman–Crippen LogP) is 3.91. The van der Waals surface area contributed by atoms with E-state index in [0.717, 1.165) is 17.0 Å². The third kappa shape index (κ3) is 4.73. The molecule has 0 atom stereocenters. The lowest BCUT2D eigenvalue weighted by Gasteiger charge is -2.11. The molecule has 0 radical (unpaired) electrons. The highest BCUT2D eigenvalue weighted by atomic mass is 79.9. The number of methoxy groups -OCH3 is 1. The molecular weight excluding hydrogens is 491 g/mol. The van der Waals surface area contributed by atoms with E-state index in [9.17, 15) is 21.6 Å². The maximum absolute atomic E-state index is 13.0. The lowest BCUT2D eigenvalue weighted by atomic mass is 10.3. The Kier molecular flexibility index (Phi) is 5.78. The van der Waals surface area contributed by atoms with Gasteiger partial charge in [-0.1, -0.05) is 0 Å². The van der Waals surface area contributed by atoms with Crippen molar-refractivity contribution >= 4 is 37.4 Å². The smallest absolute Gasteiger partial charge is 0.435 e. The van der Waals surface area contributed by atoms with Gasteiger partial charge in [-0.3, -0.25) is 0 Å². The molecule has 0 amide bonds. The molecule has 2 heterocycles. The average molecular weight is 506 g/mol. The number of anilines is 2. The van der Waals surface area contributed by atoms with Crippen LogP contribution in [0.1, 0.15) is 11.4 Å². The second kappa shape index (κ2) is 7.87. The van der Waals surface area contributed by atoms with E-state index in [0.29, 0.717) is 10.2 Å². The molecule has 13 heteroatoms. The summed E-state index contributed by atoms with van der Waals surface area (Å²) >= 11 is 3.21. The monoisotopic (exact) mass is 505 g/mol. The molecule has 0 saturated heterocycles. The molecule has 2 aromatic heterocycles. The maximum atomic E-state index is 13.0. The van der Waals surface area contributed by atoms with E-state index >= 15 is 0 Å². The van der Waals surface area contributed by atoms with E-state index in [1.54, 1.807) is 0 Å². The average Bonchev–Trinajstić information content (AvgIpc) is 3.04. The number of hydrogen-bond acceptors (Lipinski definition) is 7. The van der Waals surface area contributed by atoms with E-state index in [1.807, 2.05) is 0 Å². The molecule has 0 saturated carbocycles. The number of aromatic nitrogens is 4. The summed E-state index contributed by atoms with van der Waals surface area (Å²) in [4.78, 5) is 8.30. The van der Waals surface area contributed by atoms with Crippen molar-refractivity contribution in [2.45, 2.75) is 18.0 Å². The lowest BCUT2D eigenvalue weighted by molar-refractivity contribution is -0.141. The zero-order valence-corrected chi connectivity index (χ0v) is 18.2. The van der Waals surface area contributed by atoms with Crippen LogP contribution >= 0.6 is 15.9 Å². The van der Waals surface area contributed by atoms with E-state index in [4.69, 9.17) is 4.74 Å². The van der Waals surface area contributed by atoms with Crippen molar-refractivity contribution in [2.75, 3.05) is 18.7 Å². The Hall–Kier alpha value is -2.67. The van der Waals surface area contributed by atoms with Crippen molar-refractivity contribution in [3.05, 3.63) is 46.3 Å². The highest BCUT2D eigenvalue weighted by molar-refractivity contribution is 9.10. The molecule has 1 N–H and O–H groups in total. The number of nitrogens with zero attached hydrogens (tertiary/aromatic N) is 4. The van der Waals surface area contributed by atoms with Gasteiger partial charge in [0.15, 0.2) is 21.3 Å². The van der Waals surface area contributed by atoms with Gasteiger partial charge < -0.3 is 10.1 Å². The zero-order chi connectivity index (χ0) is 22.3. The Morgan fingerprint density at radius 2 is 1.90 bits per heavy atom. The summed E-state index contributed by atoms with van der Waals surface area (Å²) in [6.45, 7) is 1.46. The summed E-state index contributed by atoms with van der Waals surface area (Å²) in [5, 5.41) is 6.41. The van der Waals surface area contributed by atoms with Crippen LogP contribution in [0, 0.1) is 6.92 Å². The molecule has 0 spiro atoms. The number of benzene rings is 1. The summed E-state index contributed by atoms with van der Waals surface area (Å²) in [5.41, 5.74) is -0.518. The number of rotatable bonds is 5. The van der Waals surface area contributed by atoms with Crippen LogP contribution in [0.4, 0.5) is 24.8 Å². The van der Waals surface area contributed by atoms with Crippen molar-refractivity contribution < 1.29 is 26.3 Å². The van der Waals surface area contributed by atoms with Crippen molar-refractivity contribution in [2.24, 2.45) is 0 Å². The standard InChI is InChI=1S/C17H15BrF3N5O3S/c1-9-4-14(17(19,20)21)25-26(9)15-13(18)8-22-16(24-15)23-10-5-11(29-2)7-12(6-10)30(3,27)28/h4-8H,1-3H3,(H,22,23,24). The summed E-state index contributed by atoms with van der Waals surface area (Å²) in [7, 11) is -2.13.